The average molecular weight is 700 g/mol. The number of nitrogens with two attached hydrogens (primary N) is 1. The second kappa shape index (κ2) is 17.8. The fourth-order valence-electron chi connectivity index (χ4n) is 7.23. The average Bonchev–Trinajstić information content (AvgIpc) is 3.58. The molecule has 3 aromatic rings. The zero-order chi connectivity index (χ0) is 37.3. The summed E-state index contributed by atoms with van der Waals surface area (Å²) in [5, 5.41) is 0. The molecule has 2 saturated heterocycles. The van der Waals surface area contributed by atoms with Gasteiger partial charge in [0, 0.05) is 48.8 Å². The summed E-state index contributed by atoms with van der Waals surface area (Å²) in [7, 11) is 0. The van der Waals surface area contributed by atoms with Crippen molar-refractivity contribution in [3.63, 3.8) is 0 Å². The lowest BCUT2D eigenvalue weighted by Gasteiger charge is -2.45. The first-order chi connectivity index (χ1) is 24.3. The SMILES string of the molecule is C=C.C=C(N)C1CCN(C2CCN(C(=C)N3C(c4ccc(C(C)(F)F)cc4CC)=NCC3c3ccc(C)cc3)CC2)CC1.Cc1ccc(F)cc1. The summed E-state index contributed by atoms with van der Waals surface area (Å²) in [6.45, 7) is 26.2. The van der Waals surface area contributed by atoms with Gasteiger partial charge in [-0.25, -0.2) is 13.2 Å². The van der Waals surface area contributed by atoms with Crippen molar-refractivity contribution in [2.45, 2.75) is 77.8 Å². The van der Waals surface area contributed by atoms with E-state index in [4.69, 9.17) is 10.7 Å². The molecule has 3 aliphatic heterocycles. The molecule has 2 N–H and O–H groups in total. The molecule has 1 unspecified atom stereocenters. The van der Waals surface area contributed by atoms with E-state index < -0.39 is 5.92 Å². The Labute approximate surface area is 304 Å². The third kappa shape index (κ3) is 9.94. The van der Waals surface area contributed by atoms with Crippen molar-refractivity contribution in [1.82, 2.24) is 14.7 Å². The highest BCUT2D eigenvalue weighted by molar-refractivity contribution is 6.02. The van der Waals surface area contributed by atoms with Gasteiger partial charge < -0.3 is 20.4 Å². The summed E-state index contributed by atoms with van der Waals surface area (Å²) in [6.07, 6.45) is 5.01. The van der Waals surface area contributed by atoms with Crippen molar-refractivity contribution in [2.75, 3.05) is 32.7 Å². The third-order valence-corrected chi connectivity index (χ3v) is 10.3. The fraction of sp³-hybridized carbons (Fsp3) is 0.419. The van der Waals surface area contributed by atoms with Crippen LogP contribution in [0.25, 0.3) is 0 Å². The lowest BCUT2D eigenvalue weighted by atomic mass is 9.92. The van der Waals surface area contributed by atoms with E-state index >= 15 is 0 Å². The number of aliphatic imine (C=N–C) groups is 1. The molecule has 6 rings (SSSR count). The number of amidine groups is 1. The van der Waals surface area contributed by atoms with Crippen molar-refractivity contribution < 1.29 is 13.2 Å². The molecule has 0 aliphatic carbocycles. The van der Waals surface area contributed by atoms with Gasteiger partial charge in [-0.3, -0.25) is 4.99 Å². The van der Waals surface area contributed by atoms with Crippen LogP contribution in [0, 0.1) is 25.6 Å². The normalized spacial score (nSPS) is 18.6. The van der Waals surface area contributed by atoms with Crippen molar-refractivity contribution in [3.05, 3.63) is 144 Å². The van der Waals surface area contributed by atoms with Gasteiger partial charge in [0.2, 0.25) is 0 Å². The molecule has 274 valence electrons. The first-order valence-electron chi connectivity index (χ1n) is 18.1. The number of piperidine rings is 2. The maximum absolute atomic E-state index is 14.2. The van der Waals surface area contributed by atoms with E-state index in [1.165, 1.54) is 23.3 Å². The van der Waals surface area contributed by atoms with E-state index in [-0.39, 0.29) is 17.4 Å². The molecule has 3 aromatic carbocycles. The van der Waals surface area contributed by atoms with Crippen molar-refractivity contribution in [1.29, 1.82) is 0 Å². The Bertz CT molecular complexity index is 1610. The van der Waals surface area contributed by atoms with Crippen molar-refractivity contribution in [2.24, 2.45) is 16.6 Å². The van der Waals surface area contributed by atoms with Crippen LogP contribution in [-0.2, 0) is 12.3 Å². The highest BCUT2D eigenvalue weighted by Crippen LogP contribution is 2.37. The van der Waals surface area contributed by atoms with Crippen LogP contribution in [0.1, 0.15) is 79.0 Å². The van der Waals surface area contributed by atoms with Crippen molar-refractivity contribution >= 4 is 5.84 Å². The monoisotopic (exact) mass is 699 g/mol. The smallest absolute Gasteiger partial charge is 0.270 e. The van der Waals surface area contributed by atoms with Gasteiger partial charge in [0.25, 0.3) is 5.92 Å². The summed E-state index contributed by atoms with van der Waals surface area (Å²) < 4.78 is 40.5. The number of rotatable bonds is 8. The number of aryl methyl sites for hydroxylation is 3. The van der Waals surface area contributed by atoms with E-state index in [2.05, 4.69) is 72.2 Å². The zero-order valence-electron chi connectivity index (χ0n) is 31.0. The van der Waals surface area contributed by atoms with E-state index in [1.54, 1.807) is 24.3 Å². The van der Waals surface area contributed by atoms with Gasteiger partial charge in [-0.2, -0.15) is 0 Å². The summed E-state index contributed by atoms with van der Waals surface area (Å²) in [5.74, 6) is -0.838. The maximum Gasteiger partial charge on any atom is 0.270 e. The van der Waals surface area contributed by atoms with Gasteiger partial charge >= 0.3 is 0 Å². The van der Waals surface area contributed by atoms with Gasteiger partial charge in [0.15, 0.2) is 0 Å². The second-order valence-electron chi connectivity index (χ2n) is 13.9. The topological polar surface area (TPSA) is 48.1 Å². The van der Waals surface area contributed by atoms with E-state index in [0.29, 0.717) is 24.9 Å². The Morgan fingerprint density at radius 2 is 1.43 bits per heavy atom. The zero-order valence-corrected chi connectivity index (χ0v) is 31.0. The Balaban J connectivity index is 0.000000508. The molecule has 51 heavy (non-hydrogen) atoms. The van der Waals surface area contributed by atoms with Gasteiger partial charge in [0.1, 0.15) is 17.5 Å². The molecule has 8 heteroatoms. The standard InChI is InChI=1S/C34H45F2N5.C7H7F.C2H4/c1-6-26-21-29(34(5,35)36)11-12-31(26)33-38-22-32(28-9-7-23(2)8-10-28)41(33)25(4)39-19-15-30(16-20-39)40-17-13-27(14-18-40)24(3)37;1-6-2-4-7(8)5-3-6;1-2/h7-12,21,27,30,32H,3-4,6,13-20,22,37H2,1-2,5H3;2-5H,1H3;1-2H2. The van der Waals surface area contributed by atoms with Crippen LogP contribution < -0.4 is 5.73 Å². The summed E-state index contributed by atoms with van der Waals surface area (Å²) in [5.41, 5.74) is 12.1. The summed E-state index contributed by atoms with van der Waals surface area (Å²) in [4.78, 5) is 12.3. The van der Waals surface area contributed by atoms with Crippen LogP contribution in [0.4, 0.5) is 13.2 Å². The molecule has 0 radical (unpaired) electrons. The number of alkyl halides is 2. The second-order valence-corrected chi connectivity index (χ2v) is 13.9. The quantitative estimate of drug-likeness (QED) is 0.238. The minimum absolute atomic E-state index is 0.0104. The number of allylic oxidation sites excluding steroid dienone is 1. The lowest BCUT2D eigenvalue weighted by Crippen LogP contribution is -2.49. The van der Waals surface area contributed by atoms with Gasteiger partial charge in [-0.05, 0) is 88.4 Å². The predicted molar refractivity (Wildman–Crippen MR) is 206 cm³/mol. The number of halogens is 3. The predicted octanol–water partition coefficient (Wildman–Crippen LogP) is 9.53. The number of likely N-dealkylation sites (tertiary alicyclic amines) is 2. The first kappa shape index (κ1) is 39.5. The van der Waals surface area contributed by atoms with E-state index in [1.807, 2.05) is 19.9 Å². The molecule has 0 amide bonds. The summed E-state index contributed by atoms with van der Waals surface area (Å²) in [6, 6.07) is 20.6. The van der Waals surface area contributed by atoms with Crippen LogP contribution in [-0.4, -0.2) is 59.3 Å². The number of benzene rings is 3. The molecule has 3 aliphatic rings. The Morgan fingerprint density at radius 3 is 1.94 bits per heavy atom. The minimum Gasteiger partial charge on any atom is -0.402 e. The summed E-state index contributed by atoms with van der Waals surface area (Å²) >= 11 is 0. The number of nitrogens with zero attached hydrogens (tertiary/aromatic N) is 4. The molecule has 3 heterocycles. The molecule has 1 atom stereocenters. The van der Waals surface area contributed by atoms with Gasteiger partial charge in [-0.15, -0.1) is 13.2 Å². The van der Waals surface area contributed by atoms with Crippen LogP contribution in [0.2, 0.25) is 0 Å². The van der Waals surface area contributed by atoms with Crippen LogP contribution in [0.5, 0.6) is 0 Å². The highest BCUT2D eigenvalue weighted by Gasteiger charge is 2.37. The molecule has 0 bridgehead atoms. The van der Waals surface area contributed by atoms with Crippen LogP contribution in [0.3, 0.4) is 0 Å². The molecule has 2 fully saturated rings. The molecule has 5 nitrogen and oxygen atoms in total. The van der Waals surface area contributed by atoms with Crippen LogP contribution >= 0.6 is 0 Å². The Hall–Kier alpha value is -4.30. The Kier molecular flexibility index (Phi) is 13.8. The highest BCUT2D eigenvalue weighted by atomic mass is 19.3. The molecule has 0 saturated carbocycles. The molecular weight excluding hydrogens is 644 g/mol. The lowest BCUT2D eigenvalue weighted by molar-refractivity contribution is 0.0174. The fourth-order valence-corrected chi connectivity index (χ4v) is 7.23. The molecule has 0 aromatic heterocycles. The van der Waals surface area contributed by atoms with Gasteiger partial charge in [-0.1, -0.05) is 79.7 Å². The van der Waals surface area contributed by atoms with Gasteiger partial charge in [0.05, 0.1) is 12.6 Å². The third-order valence-electron chi connectivity index (χ3n) is 10.3. The van der Waals surface area contributed by atoms with E-state index in [9.17, 15) is 13.2 Å². The van der Waals surface area contributed by atoms with Crippen molar-refractivity contribution in [3.8, 4) is 0 Å². The first-order valence-corrected chi connectivity index (χ1v) is 18.1. The maximum atomic E-state index is 14.2. The minimum atomic E-state index is -2.88. The molecular formula is C43H56F3N5. The number of hydrogen-bond donors (Lipinski definition) is 1. The van der Waals surface area contributed by atoms with Crippen LogP contribution in [0.15, 0.2) is 110 Å². The largest absolute Gasteiger partial charge is 0.402 e. The number of hydrogen-bond acceptors (Lipinski definition) is 5. The Morgan fingerprint density at radius 1 is 0.863 bits per heavy atom. The molecule has 0 spiro atoms. The van der Waals surface area contributed by atoms with E-state index in [0.717, 1.165) is 92.8 Å².